The second-order valence-corrected chi connectivity index (χ2v) is 16.0. The van der Waals surface area contributed by atoms with Crippen LogP contribution in [0.2, 0.25) is 0 Å². The topological polar surface area (TPSA) is 56.6 Å². The van der Waals surface area contributed by atoms with Gasteiger partial charge in [0.05, 0.1) is 5.56 Å². The fraction of sp³-hybridized carbons (Fsp3) is 0.0727. The van der Waals surface area contributed by atoms with Gasteiger partial charge in [0.15, 0.2) is 5.58 Å². The van der Waals surface area contributed by atoms with Gasteiger partial charge in [0.25, 0.3) is 0 Å². The zero-order chi connectivity index (χ0) is 40.6. The minimum absolute atomic E-state index is 0.446. The summed E-state index contributed by atoms with van der Waals surface area (Å²) >= 11 is 0. The van der Waals surface area contributed by atoms with E-state index in [-0.39, 0.29) is 0 Å². The summed E-state index contributed by atoms with van der Waals surface area (Å²) in [5.74, 6) is 0. The minimum Gasteiger partial charge on any atom is -0.456 e. The van der Waals surface area contributed by atoms with Gasteiger partial charge in [0.1, 0.15) is 22.8 Å². The molecule has 0 aliphatic rings. The lowest BCUT2D eigenvalue weighted by atomic mass is 9.99. The summed E-state index contributed by atoms with van der Waals surface area (Å²) in [4.78, 5) is 4.64. The Morgan fingerprint density at radius 3 is 1.43 bits per heavy atom. The molecule has 0 fully saturated rings. The van der Waals surface area contributed by atoms with E-state index in [1.807, 2.05) is 18.2 Å². The van der Waals surface area contributed by atoms with Gasteiger partial charge in [-0.1, -0.05) is 72.8 Å². The second kappa shape index (κ2) is 13.7. The fourth-order valence-corrected chi connectivity index (χ4v) is 8.96. The molecule has 286 valence electrons. The molecule has 0 N–H and O–H groups in total. The highest BCUT2D eigenvalue weighted by Crippen LogP contribution is 2.46. The van der Waals surface area contributed by atoms with Crippen molar-refractivity contribution in [3.8, 4) is 6.07 Å². The standard InChI is InChI=1S/C55H39N3O2/c1-33-15-17-35(3)48(23-33)57(42-11-7-5-8-12-42)44-21-19-37-27-46-50(29-39(37)25-44)59-52-31-41(32-56)55-54(53(46)52)47-28-38-20-22-45(26-40(38)30-51(47)60-55)58(43-13-9-6-10-14-43)49-24-34(2)16-18-36(49)4/h5-31H,1-4H3. The van der Waals surface area contributed by atoms with Crippen LogP contribution >= 0.6 is 0 Å². The third-order valence-electron chi connectivity index (χ3n) is 11.9. The van der Waals surface area contributed by atoms with E-state index >= 15 is 0 Å². The van der Waals surface area contributed by atoms with E-state index in [1.165, 1.54) is 22.3 Å². The summed E-state index contributed by atoms with van der Waals surface area (Å²) in [5.41, 5.74) is 14.5. The molecule has 0 amide bonds. The maximum Gasteiger partial charge on any atom is 0.154 e. The number of fused-ring (bicyclic) bond motifs is 9. The Morgan fingerprint density at radius 2 is 0.917 bits per heavy atom. The van der Waals surface area contributed by atoms with Gasteiger partial charge in [-0.15, -0.1) is 0 Å². The van der Waals surface area contributed by atoms with E-state index < -0.39 is 0 Å². The van der Waals surface area contributed by atoms with Crippen molar-refractivity contribution in [2.45, 2.75) is 27.7 Å². The van der Waals surface area contributed by atoms with Crippen LogP contribution in [0.1, 0.15) is 27.8 Å². The summed E-state index contributed by atoms with van der Waals surface area (Å²) in [5, 5.41) is 18.5. The van der Waals surface area contributed by atoms with Crippen LogP contribution in [0, 0.1) is 39.0 Å². The van der Waals surface area contributed by atoms with Crippen LogP contribution in [0.4, 0.5) is 34.1 Å². The van der Waals surface area contributed by atoms with Crippen molar-refractivity contribution in [1.82, 2.24) is 0 Å². The minimum atomic E-state index is 0.446. The Hall–Kier alpha value is -7.81. The first kappa shape index (κ1) is 35.4. The Balaban J connectivity index is 1.08. The van der Waals surface area contributed by atoms with Crippen LogP contribution in [0.3, 0.4) is 0 Å². The molecule has 11 aromatic rings. The molecule has 0 saturated carbocycles. The van der Waals surface area contributed by atoms with E-state index in [4.69, 9.17) is 8.83 Å². The monoisotopic (exact) mass is 773 g/mol. The molecular formula is C55H39N3O2. The van der Waals surface area contributed by atoms with Crippen LogP contribution in [-0.2, 0) is 0 Å². The first-order valence-corrected chi connectivity index (χ1v) is 20.3. The van der Waals surface area contributed by atoms with Crippen molar-refractivity contribution in [2.75, 3.05) is 9.80 Å². The van der Waals surface area contributed by atoms with Gasteiger partial charge in [0, 0.05) is 61.7 Å². The van der Waals surface area contributed by atoms with Crippen LogP contribution in [0.5, 0.6) is 0 Å². The lowest BCUT2D eigenvalue weighted by molar-refractivity contribution is 0.662. The van der Waals surface area contributed by atoms with Crippen molar-refractivity contribution in [1.29, 1.82) is 5.26 Å². The number of benzene rings is 9. The molecule has 0 unspecified atom stereocenters. The molecule has 9 aromatic carbocycles. The molecule has 0 bridgehead atoms. The Morgan fingerprint density at radius 1 is 0.417 bits per heavy atom. The predicted molar refractivity (Wildman–Crippen MR) is 249 cm³/mol. The summed E-state index contributed by atoms with van der Waals surface area (Å²) < 4.78 is 13.3. The number of aryl methyl sites for hydroxylation is 4. The molecule has 0 spiro atoms. The maximum absolute atomic E-state index is 10.4. The van der Waals surface area contributed by atoms with Crippen molar-refractivity contribution >= 4 is 99.5 Å². The van der Waals surface area contributed by atoms with Gasteiger partial charge < -0.3 is 18.6 Å². The summed E-state index contributed by atoms with van der Waals surface area (Å²) in [6.07, 6.45) is 0. The number of furan rings is 2. The second-order valence-electron chi connectivity index (χ2n) is 16.0. The summed E-state index contributed by atoms with van der Waals surface area (Å²) in [6.45, 7) is 8.58. The zero-order valence-electron chi connectivity index (χ0n) is 33.7. The molecule has 0 atom stereocenters. The molecule has 11 rings (SSSR count). The summed E-state index contributed by atoms with van der Waals surface area (Å²) in [6, 6.07) is 60.3. The third kappa shape index (κ3) is 5.68. The van der Waals surface area contributed by atoms with E-state index in [0.29, 0.717) is 16.7 Å². The van der Waals surface area contributed by atoms with Crippen molar-refractivity contribution < 1.29 is 8.83 Å². The summed E-state index contributed by atoms with van der Waals surface area (Å²) in [7, 11) is 0. The van der Waals surface area contributed by atoms with Gasteiger partial charge in [-0.05, 0) is 156 Å². The molecule has 2 heterocycles. The molecule has 0 aliphatic heterocycles. The number of hydrogen-bond acceptors (Lipinski definition) is 5. The smallest absolute Gasteiger partial charge is 0.154 e. The number of hydrogen-bond donors (Lipinski definition) is 0. The number of nitrogens with zero attached hydrogens (tertiary/aromatic N) is 3. The third-order valence-corrected chi connectivity index (χ3v) is 11.9. The van der Waals surface area contributed by atoms with Gasteiger partial charge in [-0.3, -0.25) is 0 Å². The number of anilines is 6. The molecule has 5 heteroatoms. The average Bonchev–Trinajstić information content (AvgIpc) is 3.81. The highest BCUT2D eigenvalue weighted by Gasteiger charge is 2.23. The Kier molecular flexibility index (Phi) is 8.05. The quantitative estimate of drug-likeness (QED) is 0.168. The Bertz CT molecular complexity index is 3560. The van der Waals surface area contributed by atoms with Crippen LogP contribution in [-0.4, -0.2) is 0 Å². The first-order valence-electron chi connectivity index (χ1n) is 20.3. The van der Waals surface area contributed by atoms with E-state index in [0.717, 1.165) is 88.4 Å². The van der Waals surface area contributed by atoms with Crippen molar-refractivity contribution in [2.24, 2.45) is 0 Å². The van der Waals surface area contributed by atoms with E-state index in [9.17, 15) is 5.26 Å². The van der Waals surface area contributed by atoms with Crippen LogP contribution < -0.4 is 9.80 Å². The van der Waals surface area contributed by atoms with E-state index in [1.54, 1.807) is 0 Å². The van der Waals surface area contributed by atoms with Crippen molar-refractivity contribution in [3.05, 3.63) is 192 Å². The molecule has 60 heavy (non-hydrogen) atoms. The van der Waals surface area contributed by atoms with Crippen molar-refractivity contribution in [3.63, 3.8) is 0 Å². The van der Waals surface area contributed by atoms with Crippen LogP contribution in [0.25, 0.3) is 65.4 Å². The highest BCUT2D eigenvalue weighted by atomic mass is 16.3. The van der Waals surface area contributed by atoms with Gasteiger partial charge >= 0.3 is 0 Å². The maximum atomic E-state index is 10.4. The SMILES string of the molecule is Cc1ccc(C)c(N(c2ccccc2)c2ccc3cc4c(cc3c2)oc2cc(C#N)c3oc5cc6cc(N(c7ccccc7)c7cc(C)ccc7C)ccc6cc5c3c24)c1. The first-order chi connectivity index (χ1) is 29.3. The molecule has 0 saturated heterocycles. The number of rotatable bonds is 6. The largest absolute Gasteiger partial charge is 0.456 e. The predicted octanol–water partition coefficient (Wildman–Crippen LogP) is 15.8. The van der Waals surface area contributed by atoms with E-state index in [2.05, 4.69) is 189 Å². The number of nitriles is 1. The van der Waals surface area contributed by atoms with Crippen LogP contribution in [0.15, 0.2) is 173 Å². The Labute approximate surface area is 347 Å². The molecule has 5 nitrogen and oxygen atoms in total. The number of para-hydroxylation sites is 2. The zero-order valence-corrected chi connectivity index (χ0v) is 33.7. The average molecular weight is 774 g/mol. The molecular weight excluding hydrogens is 735 g/mol. The van der Waals surface area contributed by atoms with Gasteiger partial charge in [-0.25, -0.2) is 0 Å². The molecule has 2 aromatic heterocycles. The normalized spacial score (nSPS) is 11.7. The van der Waals surface area contributed by atoms with Gasteiger partial charge in [-0.2, -0.15) is 5.26 Å². The highest BCUT2D eigenvalue weighted by molar-refractivity contribution is 6.28. The molecule has 0 aliphatic carbocycles. The lowest BCUT2D eigenvalue weighted by Crippen LogP contribution is -2.11. The lowest BCUT2D eigenvalue weighted by Gasteiger charge is -2.27. The van der Waals surface area contributed by atoms with Gasteiger partial charge in [0.2, 0.25) is 0 Å². The molecule has 0 radical (unpaired) electrons. The fourth-order valence-electron chi connectivity index (χ4n) is 8.96.